The highest BCUT2D eigenvalue weighted by Gasteiger charge is 2.25. The Morgan fingerprint density at radius 3 is 2.58 bits per heavy atom. The Balaban J connectivity index is 1.65. The van der Waals surface area contributed by atoms with E-state index in [0.717, 1.165) is 58.9 Å². The lowest BCUT2D eigenvalue weighted by Gasteiger charge is -2.25. The van der Waals surface area contributed by atoms with Gasteiger partial charge in [-0.15, -0.1) is 11.3 Å². The molecule has 206 valence electrons. The number of esters is 1. The Bertz CT molecular complexity index is 1420. The number of nitrogens with zero attached hydrogens (tertiary/aromatic N) is 4. The summed E-state index contributed by atoms with van der Waals surface area (Å²) in [5.74, 6) is -0.401. The van der Waals surface area contributed by atoms with E-state index in [1.54, 1.807) is 0 Å². The molecule has 1 unspecified atom stereocenters. The second-order valence-electron chi connectivity index (χ2n) is 9.73. The van der Waals surface area contributed by atoms with Gasteiger partial charge in [-0.05, 0) is 36.5 Å². The van der Waals surface area contributed by atoms with Gasteiger partial charge in [-0.2, -0.15) is 5.26 Å². The zero-order chi connectivity index (χ0) is 28.5. The van der Waals surface area contributed by atoms with Crippen molar-refractivity contribution in [2.45, 2.75) is 31.8 Å². The third-order valence-electron chi connectivity index (χ3n) is 6.99. The van der Waals surface area contributed by atoms with Gasteiger partial charge < -0.3 is 19.9 Å². The number of carbonyl (C=O) groups excluding carboxylic acids is 1. The zero-order valence-electron chi connectivity index (χ0n) is 23.1. The summed E-state index contributed by atoms with van der Waals surface area (Å²) in [5.41, 5.74) is 5.25. The van der Waals surface area contributed by atoms with Crippen molar-refractivity contribution in [1.29, 1.82) is 5.26 Å². The van der Waals surface area contributed by atoms with Gasteiger partial charge in [-0.3, -0.25) is 0 Å². The maximum atomic E-state index is 12.7. The molecule has 1 saturated heterocycles. The van der Waals surface area contributed by atoms with Crippen LogP contribution >= 0.6 is 11.3 Å². The number of hydrogen-bond acceptors (Lipinski definition) is 7. The number of nitrogens with one attached hydrogen (secondary N) is 1. The molecule has 0 bridgehead atoms. The Morgan fingerprint density at radius 1 is 1.18 bits per heavy atom. The normalized spacial score (nSPS) is 13.9. The van der Waals surface area contributed by atoms with Crippen molar-refractivity contribution in [3.8, 4) is 6.07 Å². The standard InChI is InChI=1S/C32H35N5O2S/c1-23(35-29(32(38)39-4)25-13-7-5-8-14-25)28-21-40-31(30(28)34-22-37-17-11-6-12-18-37)24(2)36(3)20-27-16-10-9-15-26(27)19-33/h5,7-10,13-16,21-22,29,35H,1-2,6,11-12,17-18,20H2,3-4H3. The van der Waals surface area contributed by atoms with Gasteiger partial charge in [0.05, 0.1) is 35.6 Å². The Kier molecular flexibility index (Phi) is 9.76. The van der Waals surface area contributed by atoms with E-state index in [2.05, 4.69) is 29.4 Å². The molecule has 1 aliphatic heterocycles. The average molecular weight is 554 g/mol. The molecular formula is C32H35N5O2S. The van der Waals surface area contributed by atoms with Crippen LogP contribution < -0.4 is 5.32 Å². The van der Waals surface area contributed by atoms with Gasteiger partial charge in [-0.25, -0.2) is 9.79 Å². The lowest BCUT2D eigenvalue weighted by atomic mass is 10.1. The minimum atomic E-state index is -0.714. The first kappa shape index (κ1) is 28.7. The summed E-state index contributed by atoms with van der Waals surface area (Å²) >= 11 is 1.53. The lowest BCUT2D eigenvalue weighted by molar-refractivity contribution is -0.142. The molecule has 8 heteroatoms. The fourth-order valence-corrected chi connectivity index (χ4v) is 5.71. The molecule has 2 aromatic carbocycles. The van der Waals surface area contributed by atoms with Gasteiger partial charge >= 0.3 is 5.97 Å². The first-order valence-corrected chi connectivity index (χ1v) is 14.2. The molecule has 1 aliphatic rings. The largest absolute Gasteiger partial charge is 0.467 e. The number of hydrogen-bond donors (Lipinski definition) is 1. The van der Waals surface area contributed by atoms with Gasteiger partial charge in [0.2, 0.25) is 0 Å². The highest BCUT2D eigenvalue weighted by molar-refractivity contribution is 7.12. The van der Waals surface area contributed by atoms with Crippen molar-refractivity contribution >= 4 is 40.7 Å². The molecule has 1 atom stereocenters. The highest BCUT2D eigenvalue weighted by Crippen LogP contribution is 2.40. The van der Waals surface area contributed by atoms with Crippen LogP contribution in [0.25, 0.3) is 11.4 Å². The number of likely N-dealkylation sites (tertiary alicyclic amines) is 1. The van der Waals surface area contributed by atoms with E-state index in [-0.39, 0.29) is 0 Å². The van der Waals surface area contributed by atoms with Gasteiger partial charge in [0.15, 0.2) is 6.04 Å². The topological polar surface area (TPSA) is 81.0 Å². The smallest absolute Gasteiger partial charge is 0.332 e. The summed E-state index contributed by atoms with van der Waals surface area (Å²) in [6, 6.07) is 18.6. The molecule has 7 nitrogen and oxygen atoms in total. The number of methoxy groups -OCH3 is 1. The van der Waals surface area contributed by atoms with Gasteiger partial charge in [0, 0.05) is 49.0 Å². The Hall–Kier alpha value is -4.35. The Morgan fingerprint density at radius 2 is 1.88 bits per heavy atom. The van der Waals surface area contributed by atoms with Crippen molar-refractivity contribution in [1.82, 2.24) is 15.1 Å². The van der Waals surface area contributed by atoms with Crippen LogP contribution in [0.15, 0.2) is 78.1 Å². The summed E-state index contributed by atoms with van der Waals surface area (Å²) in [6.07, 6.45) is 5.44. The van der Waals surface area contributed by atoms with Crippen LogP contribution in [-0.4, -0.2) is 49.4 Å². The first-order chi connectivity index (χ1) is 19.4. The van der Waals surface area contributed by atoms with Crippen molar-refractivity contribution < 1.29 is 9.53 Å². The maximum Gasteiger partial charge on any atom is 0.332 e. The van der Waals surface area contributed by atoms with E-state index in [0.29, 0.717) is 17.8 Å². The van der Waals surface area contributed by atoms with Crippen LogP contribution in [0.5, 0.6) is 0 Å². The van der Waals surface area contributed by atoms with E-state index in [9.17, 15) is 10.1 Å². The molecule has 40 heavy (non-hydrogen) atoms. The van der Waals surface area contributed by atoms with Gasteiger partial charge in [0.1, 0.15) is 0 Å². The third kappa shape index (κ3) is 6.80. The second-order valence-corrected chi connectivity index (χ2v) is 10.6. The SMILES string of the molecule is C=C(NC(C(=O)OC)c1ccccc1)c1csc(C(=C)N(C)Cc2ccccc2C#N)c1N=CN1CCCCC1. The van der Waals surface area contributed by atoms with Crippen LogP contribution in [0, 0.1) is 11.3 Å². The molecule has 0 saturated carbocycles. The van der Waals surface area contributed by atoms with E-state index in [4.69, 9.17) is 9.73 Å². The minimum Gasteiger partial charge on any atom is -0.467 e. The van der Waals surface area contributed by atoms with Crippen molar-refractivity contribution in [3.05, 3.63) is 100 Å². The quantitative estimate of drug-likeness (QED) is 0.169. The first-order valence-electron chi connectivity index (χ1n) is 13.3. The number of rotatable bonds is 11. The van der Waals surface area contributed by atoms with E-state index in [1.165, 1.54) is 24.9 Å². The zero-order valence-corrected chi connectivity index (χ0v) is 23.9. The fourth-order valence-electron chi connectivity index (χ4n) is 4.66. The lowest BCUT2D eigenvalue weighted by Crippen LogP contribution is -2.28. The number of benzene rings is 2. The number of piperidine rings is 1. The molecule has 1 fully saturated rings. The predicted octanol–water partition coefficient (Wildman–Crippen LogP) is 6.34. The molecule has 0 aliphatic carbocycles. The van der Waals surface area contributed by atoms with Crippen molar-refractivity contribution in [2.24, 2.45) is 4.99 Å². The van der Waals surface area contributed by atoms with E-state index in [1.807, 2.05) is 78.3 Å². The molecule has 1 aromatic heterocycles. The van der Waals surface area contributed by atoms with Gasteiger partial charge in [0.25, 0.3) is 0 Å². The fraction of sp³-hybridized carbons (Fsp3) is 0.281. The molecule has 0 radical (unpaired) electrons. The monoisotopic (exact) mass is 553 g/mol. The summed E-state index contributed by atoms with van der Waals surface area (Å²) < 4.78 is 5.09. The summed E-state index contributed by atoms with van der Waals surface area (Å²) in [6.45, 7) is 11.2. The second kappa shape index (κ2) is 13.6. The van der Waals surface area contributed by atoms with E-state index < -0.39 is 12.0 Å². The van der Waals surface area contributed by atoms with Crippen LogP contribution in [-0.2, 0) is 16.1 Å². The minimum absolute atomic E-state index is 0.401. The molecular weight excluding hydrogens is 518 g/mol. The number of nitriles is 1. The number of ether oxygens (including phenoxy) is 1. The van der Waals surface area contributed by atoms with Crippen molar-refractivity contribution in [2.75, 3.05) is 27.2 Å². The molecule has 0 spiro atoms. The van der Waals surface area contributed by atoms with Crippen LogP contribution in [0.1, 0.15) is 52.4 Å². The van der Waals surface area contributed by atoms with E-state index >= 15 is 0 Å². The Labute approximate surface area is 240 Å². The molecule has 2 heterocycles. The average Bonchev–Trinajstić information content (AvgIpc) is 3.43. The highest BCUT2D eigenvalue weighted by atomic mass is 32.1. The number of thiophene rings is 1. The number of aliphatic imine (C=N–C) groups is 1. The molecule has 1 N–H and O–H groups in total. The van der Waals surface area contributed by atoms with Crippen molar-refractivity contribution in [3.63, 3.8) is 0 Å². The summed E-state index contributed by atoms with van der Waals surface area (Å²) in [5, 5.41) is 14.8. The van der Waals surface area contributed by atoms with Crippen LogP contribution in [0.3, 0.4) is 0 Å². The third-order valence-corrected chi connectivity index (χ3v) is 8.01. The summed E-state index contributed by atoms with van der Waals surface area (Å²) in [7, 11) is 3.34. The van der Waals surface area contributed by atoms with Crippen LogP contribution in [0.4, 0.5) is 5.69 Å². The summed E-state index contributed by atoms with van der Waals surface area (Å²) in [4.78, 5) is 22.8. The molecule has 4 rings (SSSR count). The molecule has 3 aromatic rings. The predicted molar refractivity (Wildman–Crippen MR) is 163 cm³/mol. The number of carbonyl (C=O) groups is 1. The maximum absolute atomic E-state index is 12.7. The van der Waals surface area contributed by atoms with Crippen LogP contribution in [0.2, 0.25) is 0 Å². The van der Waals surface area contributed by atoms with Gasteiger partial charge in [-0.1, -0.05) is 61.7 Å². The molecule has 0 amide bonds.